The average molecular weight is 470 g/mol. The molecule has 1 N–H and O–H groups in total. The van der Waals surface area contributed by atoms with Crippen molar-refractivity contribution in [2.24, 2.45) is 5.92 Å². The van der Waals surface area contributed by atoms with Gasteiger partial charge >= 0.3 is 5.69 Å². The van der Waals surface area contributed by atoms with Crippen LogP contribution in [-0.2, 0) is 0 Å². The summed E-state index contributed by atoms with van der Waals surface area (Å²) in [6.45, 7) is 7.00. The van der Waals surface area contributed by atoms with Crippen LogP contribution >= 0.6 is 15.9 Å². The highest BCUT2D eigenvalue weighted by atomic mass is 79.9. The van der Waals surface area contributed by atoms with E-state index >= 15 is 0 Å². The average Bonchev–Trinajstić information content (AvgIpc) is 3.03. The summed E-state index contributed by atoms with van der Waals surface area (Å²) in [5, 5.41) is 0. The lowest BCUT2D eigenvalue weighted by molar-refractivity contribution is 0.0941. The molecule has 1 saturated heterocycles. The molecule has 158 valence electrons. The van der Waals surface area contributed by atoms with Gasteiger partial charge in [-0.3, -0.25) is 9.36 Å². The van der Waals surface area contributed by atoms with E-state index in [1.54, 1.807) is 0 Å². The number of Topliss-reactive ketones (excluding diaryl/α,β-unsaturated/α-hetero) is 1. The first-order chi connectivity index (χ1) is 14.4. The number of benzene rings is 2. The fourth-order valence-corrected chi connectivity index (χ4v) is 4.87. The van der Waals surface area contributed by atoms with Crippen molar-refractivity contribution in [3.63, 3.8) is 0 Å². The Kier molecular flexibility index (Phi) is 6.25. The van der Waals surface area contributed by atoms with Crippen LogP contribution in [0.2, 0.25) is 0 Å². The highest BCUT2D eigenvalue weighted by Gasteiger charge is 2.25. The summed E-state index contributed by atoms with van der Waals surface area (Å²) >= 11 is 3.47. The predicted octanol–water partition coefficient (Wildman–Crippen LogP) is 4.95. The Morgan fingerprint density at radius 2 is 1.87 bits per heavy atom. The van der Waals surface area contributed by atoms with Crippen LogP contribution in [0.5, 0.6) is 0 Å². The van der Waals surface area contributed by atoms with E-state index in [0.29, 0.717) is 12.3 Å². The third kappa shape index (κ3) is 4.60. The first kappa shape index (κ1) is 21.1. The van der Waals surface area contributed by atoms with Crippen LogP contribution in [0.25, 0.3) is 11.0 Å². The topological polar surface area (TPSA) is 58.1 Å². The van der Waals surface area contributed by atoms with E-state index in [0.717, 1.165) is 53.5 Å². The summed E-state index contributed by atoms with van der Waals surface area (Å²) in [6.07, 6.45) is 2.46. The van der Waals surface area contributed by atoms with Gasteiger partial charge in [0, 0.05) is 42.1 Å². The molecule has 1 fully saturated rings. The molecule has 4 rings (SSSR count). The van der Waals surface area contributed by atoms with Crippen LogP contribution < -0.4 is 5.69 Å². The maximum absolute atomic E-state index is 12.5. The van der Waals surface area contributed by atoms with Crippen molar-refractivity contribution in [3.05, 3.63) is 68.5 Å². The van der Waals surface area contributed by atoms with Crippen molar-refractivity contribution in [1.82, 2.24) is 14.5 Å². The number of H-pyrrole nitrogens is 1. The number of imidazole rings is 1. The Balaban J connectivity index is 1.34. The zero-order valence-electron chi connectivity index (χ0n) is 17.5. The third-order valence-corrected chi connectivity index (χ3v) is 6.57. The molecule has 1 atom stereocenters. The van der Waals surface area contributed by atoms with Crippen LogP contribution in [0.3, 0.4) is 0 Å². The lowest BCUT2D eigenvalue weighted by atomic mass is 9.97. The number of nitrogens with one attached hydrogen (secondary N) is 1. The van der Waals surface area contributed by atoms with Crippen LogP contribution in [0, 0.1) is 12.8 Å². The number of hydrogen-bond donors (Lipinski definition) is 1. The Hall–Kier alpha value is -2.18. The number of aromatic amines is 1. The number of piperidine rings is 1. The second kappa shape index (κ2) is 8.90. The fourth-order valence-electron chi connectivity index (χ4n) is 4.51. The highest BCUT2D eigenvalue weighted by molar-refractivity contribution is 9.10. The SMILES string of the molecule is Cc1ccc(C(=O)C[C@@H](C)CN2CCC(n3c(=O)[nH]c4cc(Br)ccc43)CC2)cc1. The van der Waals surface area contributed by atoms with Gasteiger partial charge in [-0.2, -0.15) is 0 Å². The summed E-state index contributed by atoms with van der Waals surface area (Å²) in [5.41, 5.74) is 3.79. The lowest BCUT2D eigenvalue weighted by Crippen LogP contribution is -2.39. The number of fused-ring (bicyclic) bond motifs is 1. The number of carbonyl (C=O) groups is 1. The van der Waals surface area contributed by atoms with Crippen LogP contribution in [0.1, 0.15) is 48.1 Å². The minimum absolute atomic E-state index is 0.0291. The largest absolute Gasteiger partial charge is 0.326 e. The molecule has 0 aliphatic carbocycles. The Labute approximate surface area is 185 Å². The smallest absolute Gasteiger partial charge is 0.305 e. The maximum atomic E-state index is 12.5. The molecular formula is C24H28BrN3O2. The number of likely N-dealkylation sites (tertiary alicyclic amines) is 1. The molecule has 0 amide bonds. The van der Waals surface area contributed by atoms with Gasteiger partial charge in [-0.1, -0.05) is 52.7 Å². The standard InChI is InChI=1S/C24H28BrN3O2/c1-16-3-5-18(6-4-16)23(29)13-17(2)15-27-11-9-20(10-12-27)28-22-8-7-19(25)14-21(22)26-24(28)30/h3-8,14,17,20H,9-13,15H2,1-2H3,(H,26,30)/t17-/m1/s1. The van der Waals surface area contributed by atoms with Crippen molar-refractivity contribution >= 4 is 32.7 Å². The molecule has 1 aromatic heterocycles. The van der Waals surface area contributed by atoms with Gasteiger partial charge in [-0.05, 0) is 43.9 Å². The molecule has 0 radical (unpaired) electrons. The van der Waals surface area contributed by atoms with Crippen molar-refractivity contribution in [2.75, 3.05) is 19.6 Å². The summed E-state index contributed by atoms with van der Waals surface area (Å²) in [5.74, 6) is 0.525. The molecule has 0 unspecified atom stereocenters. The van der Waals surface area contributed by atoms with E-state index in [9.17, 15) is 9.59 Å². The molecular weight excluding hydrogens is 442 g/mol. The summed E-state index contributed by atoms with van der Waals surface area (Å²) in [7, 11) is 0. The first-order valence-corrected chi connectivity index (χ1v) is 11.4. The van der Waals surface area contributed by atoms with E-state index in [-0.39, 0.29) is 17.5 Å². The number of nitrogens with zero attached hydrogens (tertiary/aromatic N) is 2. The number of hydrogen-bond acceptors (Lipinski definition) is 3. The van der Waals surface area contributed by atoms with E-state index in [1.807, 2.05) is 54.0 Å². The number of aryl methyl sites for hydroxylation is 1. The second-order valence-electron chi connectivity index (χ2n) is 8.59. The molecule has 0 saturated carbocycles. The molecule has 1 aliphatic rings. The summed E-state index contributed by atoms with van der Waals surface area (Å²) in [6, 6.07) is 14.0. The second-order valence-corrected chi connectivity index (χ2v) is 9.51. The predicted molar refractivity (Wildman–Crippen MR) is 124 cm³/mol. The number of rotatable bonds is 6. The van der Waals surface area contributed by atoms with Crippen LogP contribution in [0.4, 0.5) is 0 Å². The van der Waals surface area contributed by atoms with Crippen molar-refractivity contribution in [2.45, 2.75) is 39.2 Å². The highest BCUT2D eigenvalue weighted by Crippen LogP contribution is 2.27. The van der Waals surface area contributed by atoms with Gasteiger partial charge in [0.2, 0.25) is 0 Å². The van der Waals surface area contributed by atoms with Gasteiger partial charge in [0.15, 0.2) is 5.78 Å². The molecule has 1 aliphatic heterocycles. The minimum Gasteiger partial charge on any atom is -0.305 e. The van der Waals surface area contributed by atoms with Crippen molar-refractivity contribution < 1.29 is 4.79 Å². The Morgan fingerprint density at radius 1 is 1.17 bits per heavy atom. The number of aromatic nitrogens is 2. The molecule has 5 nitrogen and oxygen atoms in total. The van der Waals surface area contributed by atoms with Gasteiger partial charge in [0.1, 0.15) is 0 Å². The molecule has 2 aromatic carbocycles. The van der Waals surface area contributed by atoms with Crippen LogP contribution in [0.15, 0.2) is 51.7 Å². The summed E-state index contributed by atoms with van der Waals surface area (Å²) < 4.78 is 2.89. The third-order valence-electron chi connectivity index (χ3n) is 6.08. The fraction of sp³-hybridized carbons (Fsp3) is 0.417. The van der Waals surface area contributed by atoms with E-state index in [1.165, 1.54) is 5.56 Å². The molecule has 0 spiro atoms. The number of halogens is 1. The number of carbonyl (C=O) groups excluding carboxylic acids is 1. The molecule has 0 bridgehead atoms. The maximum Gasteiger partial charge on any atom is 0.326 e. The molecule has 30 heavy (non-hydrogen) atoms. The quantitative estimate of drug-likeness (QED) is 0.519. The van der Waals surface area contributed by atoms with E-state index in [2.05, 4.69) is 32.7 Å². The lowest BCUT2D eigenvalue weighted by Gasteiger charge is -2.34. The monoisotopic (exact) mass is 469 g/mol. The Bertz CT molecular complexity index is 1090. The first-order valence-electron chi connectivity index (χ1n) is 10.6. The molecule has 6 heteroatoms. The van der Waals surface area contributed by atoms with Gasteiger partial charge in [0.25, 0.3) is 0 Å². The number of ketones is 1. The zero-order valence-corrected chi connectivity index (χ0v) is 19.1. The van der Waals surface area contributed by atoms with E-state index in [4.69, 9.17) is 0 Å². The normalized spacial score (nSPS) is 16.8. The van der Waals surface area contributed by atoms with Gasteiger partial charge in [-0.25, -0.2) is 4.79 Å². The molecule has 2 heterocycles. The molecule has 3 aromatic rings. The van der Waals surface area contributed by atoms with Crippen molar-refractivity contribution in [3.8, 4) is 0 Å². The van der Waals surface area contributed by atoms with Gasteiger partial charge in [-0.15, -0.1) is 0 Å². The van der Waals surface area contributed by atoms with Crippen molar-refractivity contribution in [1.29, 1.82) is 0 Å². The van der Waals surface area contributed by atoms with Gasteiger partial charge < -0.3 is 9.88 Å². The summed E-state index contributed by atoms with van der Waals surface area (Å²) in [4.78, 5) is 30.5. The minimum atomic E-state index is -0.0291. The Morgan fingerprint density at radius 3 is 2.57 bits per heavy atom. The van der Waals surface area contributed by atoms with Crippen LogP contribution in [-0.4, -0.2) is 39.9 Å². The van der Waals surface area contributed by atoms with E-state index < -0.39 is 0 Å². The van der Waals surface area contributed by atoms with Gasteiger partial charge in [0.05, 0.1) is 11.0 Å². The zero-order chi connectivity index (χ0) is 21.3.